The summed E-state index contributed by atoms with van der Waals surface area (Å²) in [5.41, 5.74) is 4.26. The number of hydrogen-bond donors (Lipinski definition) is 2. The van der Waals surface area contributed by atoms with Crippen LogP contribution in [0, 0.1) is 13.8 Å². The molecule has 6 nitrogen and oxygen atoms in total. The van der Waals surface area contributed by atoms with Crippen LogP contribution in [0.5, 0.6) is 11.5 Å². The number of benzene rings is 2. The minimum atomic E-state index is -0.258. The SMILES string of the molecule is COc1ccc(-c2csc(NC(=S)NC(=O)c3cc(C)cc(C)c3)n2)cc1OC. The van der Waals surface area contributed by atoms with Crippen molar-refractivity contribution in [1.82, 2.24) is 10.3 Å². The molecular formula is C21H21N3O3S2. The molecule has 3 aromatic rings. The van der Waals surface area contributed by atoms with Gasteiger partial charge in [0.15, 0.2) is 21.7 Å². The van der Waals surface area contributed by atoms with Crippen molar-refractivity contribution in [2.24, 2.45) is 0 Å². The lowest BCUT2D eigenvalue weighted by atomic mass is 10.1. The monoisotopic (exact) mass is 427 g/mol. The summed E-state index contributed by atoms with van der Waals surface area (Å²) in [5.74, 6) is 1.02. The van der Waals surface area contributed by atoms with Crippen LogP contribution in [0.15, 0.2) is 41.8 Å². The van der Waals surface area contributed by atoms with Gasteiger partial charge in [-0.3, -0.25) is 10.1 Å². The van der Waals surface area contributed by atoms with E-state index >= 15 is 0 Å². The Morgan fingerprint density at radius 3 is 2.38 bits per heavy atom. The Morgan fingerprint density at radius 1 is 1.03 bits per heavy atom. The molecule has 0 aliphatic rings. The molecule has 2 N–H and O–H groups in total. The van der Waals surface area contributed by atoms with Gasteiger partial charge in [-0.15, -0.1) is 11.3 Å². The highest BCUT2D eigenvalue weighted by atomic mass is 32.1. The maximum absolute atomic E-state index is 12.4. The summed E-state index contributed by atoms with van der Waals surface area (Å²) in [6, 6.07) is 11.2. The van der Waals surface area contributed by atoms with E-state index in [9.17, 15) is 4.79 Å². The van der Waals surface area contributed by atoms with Crippen LogP contribution in [0.25, 0.3) is 11.3 Å². The third-order valence-corrected chi connectivity index (χ3v) is 5.08. The summed E-state index contributed by atoms with van der Waals surface area (Å²) in [6.07, 6.45) is 0. The Bertz CT molecular complexity index is 1040. The second kappa shape index (κ2) is 9.02. The first-order valence-corrected chi connectivity index (χ1v) is 10.1. The van der Waals surface area contributed by atoms with Crippen LogP contribution in [0.4, 0.5) is 5.13 Å². The molecule has 1 aromatic heterocycles. The van der Waals surface area contributed by atoms with E-state index in [-0.39, 0.29) is 11.0 Å². The lowest BCUT2D eigenvalue weighted by Crippen LogP contribution is -2.34. The third-order valence-electron chi connectivity index (χ3n) is 4.11. The van der Waals surface area contributed by atoms with Gasteiger partial charge in [0, 0.05) is 16.5 Å². The van der Waals surface area contributed by atoms with Gasteiger partial charge < -0.3 is 14.8 Å². The van der Waals surface area contributed by atoms with Crippen LogP contribution in [0.3, 0.4) is 0 Å². The number of nitrogens with zero attached hydrogens (tertiary/aromatic N) is 1. The van der Waals surface area contributed by atoms with Gasteiger partial charge in [0.2, 0.25) is 0 Å². The van der Waals surface area contributed by atoms with E-state index in [1.807, 2.05) is 55.6 Å². The molecule has 0 bridgehead atoms. The first-order chi connectivity index (χ1) is 13.9. The number of methoxy groups -OCH3 is 2. The Morgan fingerprint density at radius 2 is 1.72 bits per heavy atom. The van der Waals surface area contributed by atoms with Crippen LogP contribution in [-0.4, -0.2) is 30.2 Å². The molecule has 150 valence electrons. The maximum atomic E-state index is 12.4. The van der Waals surface area contributed by atoms with Crippen molar-refractivity contribution < 1.29 is 14.3 Å². The average Bonchev–Trinajstić information content (AvgIpc) is 3.14. The van der Waals surface area contributed by atoms with E-state index in [0.717, 1.165) is 22.4 Å². The maximum Gasteiger partial charge on any atom is 0.257 e. The van der Waals surface area contributed by atoms with Gasteiger partial charge in [0.1, 0.15) is 0 Å². The number of rotatable bonds is 5. The number of anilines is 1. The van der Waals surface area contributed by atoms with Crippen molar-refractivity contribution >= 4 is 39.7 Å². The van der Waals surface area contributed by atoms with Crippen molar-refractivity contribution in [2.75, 3.05) is 19.5 Å². The van der Waals surface area contributed by atoms with Gasteiger partial charge in [-0.2, -0.15) is 0 Å². The van der Waals surface area contributed by atoms with Crippen LogP contribution in [0.1, 0.15) is 21.5 Å². The Kier molecular flexibility index (Phi) is 6.46. The van der Waals surface area contributed by atoms with Gasteiger partial charge >= 0.3 is 0 Å². The number of ether oxygens (including phenoxy) is 2. The zero-order chi connectivity index (χ0) is 21.0. The zero-order valence-electron chi connectivity index (χ0n) is 16.5. The fourth-order valence-electron chi connectivity index (χ4n) is 2.87. The molecule has 3 rings (SSSR count). The van der Waals surface area contributed by atoms with E-state index in [1.54, 1.807) is 14.2 Å². The fourth-order valence-corrected chi connectivity index (χ4v) is 3.85. The summed E-state index contributed by atoms with van der Waals surface area (Å²) in [5, 5.41) is 8.34. The Balaban J connectivity index is 1.68. The van der Waals surface area contributed by atoms with E-state index in [2.05, 4.69) is 15.6 Å². The highest BCUT2D eigenvalue weighted by molar-refractivity contribution is 7.80. The molecule has 0 aliphatic heterocycles. The summed E-state index contributed by atoms with van der Waals surface area (Å²) in [4.78, 5) is 17.0. The van der Waals surface area contributed by atoms with Gasteiger partial charge in [0.05, 0.1) is 19.9 Å². The number of amides is 1. The molecule has 0 atom stereocenters. The molecule has 29 heavy (non-hydrogen) atoms. The van der Waals surface area contributed by atoms with Gasteiger partial charge in [0.25, 0.3) is 5.91 Å². The van der Waals surface area contributed by atoms with Gasteiger partial charge in [-0.1, -0.05) is 17.2 Å². The summed E-state index contributed by atoms with van der Waals surface area (Å²) >= 11 is 6.65. The van der Waals surface area contributed by atoms with Crippen molar-refractivity contribution in [3.63, 3.8) is 0 Å². The molecule has 0 aliphatic carbocycles. The van der Waals surface area contributed by atoms with Crippen LogP contribution in [0.2, 0.25) is 0 Å². The first-order valence-electron chi connectivity index (χ1n) is 8.78. The quantitative estimate of drug-likeness (QED) is 0.581. The predicted molar refractivity (Wildman–Crippen MR) is 120 cm³/mol. The van der Waals surface area contributed by atoms with Crippen molar-refractivity contribution in [3.05, 3.63) is 58.5 Å². The van der Waals surface area contributed by atoms with Crippen molar-refractivity contribution in [2.45, 2.75) is 13.8 Å². The molecular weight excluding hydrogens is 406 g/mol. The number of aromatic nitrogens is 1. The van der Waals surface area contributed by atoms with E-state index in [1.165, 1.54) is 11.3 Å². The number of hydrogen-bond acceptors (Lipinski definition) is 6. The molecule has 0 radical (unpaired) electrons. The molecule has 0 saturated heterocycles. The summed E-state index contributed by atoms with van der Waals surface area (Å²) in [6.45, 7) is 3.90. The van der Waals surface area contributed by atoms with Crippen LogP contribution < -0.4 is 20.1 Å². The smallest absolute Gasteiger partial charge is 0.257 e. The summed E-state index contributed by atoms with van der Waals surface area (Å²) in [7, 11) is 3.18. The van der Waals surface area contributed by atoms with Crippen molar-refractivity contribution in [3.8, 4) is 22.8 Å². The standard InChI is InChI=1S/C21H21N3O3S2/c1-12-7-13(2)9-15(8-12)19(25)23-20(28)24-21-22-16(11-29-21)14-5-6-17(26-3)18(10-14)27-4/h5-11H,1-4H3,(H2,22,23,24,25,28). The molecule has 1 amide bonds. The van der Waals surface area contributed by atoms with Gasteiger partial charge in [-0.05, 0) is 56.4 Å². The lowest BCUT2D eigenvalue weighted by molar-refractivity contribution is 0.0977. The molecule has 0 fully saturated rings. The minimum Gasteiger partial charge on any atom is -0.493 e. The molecule has 2 aromatic carbocycles. The normalized spacial score (nSPS) is 10.3. The Labute approximate surface area is 178 Å². The molecule has 0 saturated carbocycles. The van der Waals surface area contributed by atoms with E-state index in [0.29, 0.717) is 22.2 Å². The second-order valence-corrected chi connectivity index (χ2v) is 7.66. The average molecular weight is 428 g/mol. The number of nitrogens with one attached hydrogen (secondary N) is 2. The van der Waals surface area contributed by atoms with Crippen LogP contribution >= 0.6 is 23.6 Å². The molecule has 0 unspecified atom stereocenters. The highest BCUT2D eigenvalue weighted by Crippen LogP contribution is 2.33. The second-order valence-electron chi connectivity index (χ2n) is 6.39. The minimum absolute atomic E-state index is 0.197. The number of aryl methyl sites for hydroxylation is 2. The highest BCUT2D eigenvalue weighted by Gasteiger charge is 2.12. The van der Waals surface area contributed by atoms with E-state index in [4.69, 9.17) is 21.7 Å². The number of carbonyl (C=O) groups is 1. The Hall–Kier alpha value is -2.97. The zero-order valence-corrected chi connectivity index (χ0v) is 18.2. The lowest BCUT2D eigenvalue weighted by Gasteiger charge is -2.09. The number of thiocarbonyl (C=S) groups is 1. The topological polar surface area (TPSA) is 72.5 Å². The number of thiazole rings is 1. The molecule has 0 spiro atoms. The van der Waals surface area contributed by atoms with Crippen LogP contribution in [-0.2, 0) is 0 Å². The molecule has 8 heteroatoms. The first kappa shape index (κ1) is 20.8. The molecule has 1 heterocycles. The largest absolute Gasteiger partial charge is 0.493 e. The fraction of sp³-hybridized carbons (Fsp3) is 0.190. The number of carbonyl (C=O) groups excluding carboxylic acids is 1. The third kappa shape index (κ3) is 5.10. The van der Waals surface area contributed by atoms with Gasteiger partial charge in [-0.25, -0.2) is 4.98 Å². The predicted octanol–water partition coefficient (Wildman–Crippen LogP) is 4.57. The summed E-state index contributed by atoms with van der Waals surface area (Å²) < 4.78 is 10.6. The van der Waals surface area contributed by atoms with Crippen molar-refractivity contribution in [1.29, 1.82) is 0 Å². The van der Waals surface area contributed by atoms with E-state index < -0.39 is 0 Å².